The fraction of sp³-hybridized carbons (Fsp3) is 0.278. The smallest absolute Gasteiger partial charge is 0.355 e. The van der Waals surface area contributed by atoms with Crippen molar-refractivity contribution < 1.29 is 19.1 Å². The quantitative estimate of drug-likeness (QED) is 0.676. The van der Waals surface area contributed by atoms with Gasteiger partial charge < -0.3 is 14.6 Å². The topological polar surface area (TPSA) is 77.4 Å². The Hall–Kier alpha value is -2.89. The summed E-state index contributed by atoms with van der Waals surface area (Å²) in [6.07, 6.45) is 1.55. The van der Waals surface area contributed by atoms with Crippen molar-refractivity contribution in [3.8, 4) is 0 Å². The first kappa shape index (κ1) is 17.5. The Bertz CT molecular complexity index is 805. The summed E-state index contributed by atoms with van der Waals surface area (Å²) in [6.45, 7) is 4.88. The summed E-state index contributed by atoms with van der Waals surface area (Å²) in [5.74, 6) is -1.21. The number of hydrogen-bond donors (Lipinski definition) is 1. The van der Waals surface area contributed by atoms with E-state index in [0.717, 1.165) is 11.1 Å². The maximum atomic E-state index is 12.0. The number of nitrogens with zero attached hydrogens (tertiary/aromatic N) is 1. The number of aryl methyl sites for hydroxylation is 3. The Morgan fingerprint density at radius 1 is 1.17 bits per heavy atom. The molecule has 1 aromatic heterocycles. The number of esters is 1. The maximum Gasteiger partial charge on any atom is 0.355 e. The summed E-state index contributed by atoms with van der Waals surface area (Å²) < 4.78 is 6.52. The number of benzene rings is 1. The molecule has 2 aromatic rings. The van der Waals surface area contributed by atoms with Crippen molar-refractivity contribution in [2.45, 2.75) is 20.8 Å². The number of Topliss-reactive ketones (excluding diaryl/α,β-unsaturated/α-hetero) is 1. The van der Waals surface area contributed by atoms with Gasteiger partial charge in [-0.1, -0.05) is 17.7 Å². The van der Waals surface area contributed by atoms with Gasteiger partial charge in [-0.25, -0.2) is 4.79 Å². The molecule has 0 atom stereocenters. The van der Waals surface area contributed by atoms with Crippen LogP contribution in [0.25, 0.3) is 0 Å². The Morgan fingerprint density at radius 3 is 2.46 bits per heavy atom. The van der Waals surface area contributed by atoms with E-state index in [2.05, 4.69) is 5.32 Å². The molecule has 1 heterocycles. The van der Waals surface area contributed by atoms with Gasteiger partial charge in [0.1, 0.15) is 5.69 Å². The summed E-state index contributed by atoms with van der Waals surface area (Å²) in [7, 11) is 1.64. The van der Waals surface area contributed by atoms with Crippen LogP contribution in [0, 0.1) is 13.8 Å². The van der Waals surface area contributed by atoms with Gasteiger partial charge in [0, 0.05) is 24.5 Å². The summed E-state index contributed by atoms with van der Waals surface area (Å²) in [5.41, 5.74) is 3.35. The molecule has 0 bridgehead atoms. The van der Waals surface area contributed by atoms with Gasteiger partial charge in [0.25, 0.3) is 5.91 Å². The highest BCUT2D eigenvalue weighted by molar-refractivity contribution is 5.99. The minimum atomic E-state index is -0.652. The Labute approximate surface area is 140 Å². The van der Waals surface area contributed by atoms with Crippen molar-refractivity contribution in [2.75, 3.05) is 11.9 Å². The summed E-state index contributed by atoms with van der Waals surface area (Å²) in [5, 5.41) is 2.71. The second kappa shape index (κ2) is 7.12. The van der Waals surface area contributed by atoms with Crippen LogP contribution in [-0.4, -0.2) is 28.8 Å². The lowest BCUT2D eigenvalue weighted by atomic mass is 10.1. The van der Waals surface area contributed by atoms with E-state index in [1.165, 1.54) is 17.6 Å². The third kappa shape index (κ3) is 4.10. The number of nitrogens with one attached hydrogen (secondary N) is 1. The predicted molar refractivity (Wildman–Crippen MR) is 90.2 cm³/mol. The van der Waals surface area contributed by atoms with Gasteiger partial charge in [-0.3, -0.25) is 9.59 Å². The van der Waals surface area contributed by atoms with E-state index in [0.29, 0.717) is 11.3 Å². The molecule has 126 valence electrons. The maximum absolute atomic E-state index is 12.0. The lowest BCUT2D eigenvalue weighted by Gasteiger charge is -2.09. The molecule has 0 aliphatic carbocycles. The van der Waals surface area contributed by atoms with Crippen LogP contribution in [0.15, 0.2) is 30.5 Å². The minimum absolute atomic E-state index is 0.141. The van der Waals surface area contributed by atoms with Crippen LogP contribution in [0.5, 0.6) is 0 Å². The molecule has 0 aliphatic rings. The normalized spacial score (nSPS) is 10.3. The van der Waals surface area contributed by atoms with Crippen LogP contribution in [0.4, 0.5) is 5.69 Å². The molecule has 1 aromatic carbocycles. The molecule has 0 radical (unpaired) electrons. The zero-order chi connectivity index (χ0) is 17.9. The van der Waals surface area contributed by atoms with Gasteiger partial charge >= 0.3 is 5.97 Å². The van der Waals surface area contributed by atoms with E-state index in [1.54, 1.807) is 19.3 Å². The molecular weight excluding hydrogens is 308 g/mol. The number of ether oxygens (including phenoxy) is 1. The zero-order valence-electron chi connectivity index (χ0n) is 14.2. The number of carbonyl (C=O) groups excluding carboxylic acids is 3. The van der Waals surface area contributed by atoms with E-state index >= 15 is 0 Å². The standard InChI is InChI=1S/C18H20N2O4/c1-11-5-6-15(12(2)7-11)19-17(22)10-24-18(23)16-8-14(13(3)21)9-20(16)4/h5-9H,10H2,1-4H3,(H,19,22). The van der Waals surface area contributed by atoms with Crippen LogP contribution in [0.1, 0.15) is 38.9 Å². The molecule has 0 saturated heterocycles. The molecule has 0 fully saturated rings. The largest absolute Gasteiger partial charge is 0.451 e. The number of ketones is 1. The average molecular weight is 328 g/mol. The van der Waals surface area contributed by atoms with E-state index in [9.17, 15) is 14.4 Å². The molecule has 6 nitrogen and oxygen atoms in total. The second-order valence-corrected chi connectivity index (χ2v) is 5.72. The lowest BCUT2D eigenvalue weighted by molar-refractivity contribution is -0.119. The van der Waals surface area contributed by atoms with Gasteiger partial charge in [-0.15, -0.1) is 0 Å². The SMILES string of the molecule is CC(=O)c1cc(C(=O)OCC(=O)Nc2ccc(C)cc2C)n(C)c1. The highest BCUT2D eigenvalue weighted by Gasteiger charge is 2.16. The first-order valence-corrected chi connectivity index (χ1v) is 7.49. The molecule has 0 unspecified atom stereocenters. The van der Waals surface area contributed by atoms with Crippen LogP contribution in [-0.2, 0) is 16.6 Å². The van der Waals surface area contributed by atoms with Crippen molar-refractivity contribution >= 4 is 23.3 Å². The number of hydrogen-bond acceptors (Lipinski definition) is 4. The second-order valence-electron chi connectivity index (χ2n) is 5.72. The van der Waals surface area contributed by atoms with E-state index < -0.39 is 18.5 Å². The molecular formula is C18H20N2O4. The molecule has 2 rings (SSSR count). The highest BCUT2D eigenvalue weighted by Crippen LogP contribution is 2.16. The van der Waals surface area contributed by atoms with Gasteiger partial charge in [0.2, 0.25) is 0 Å². The number of amides is 1. The number of rotatable bonds is 5. The van der Waals surface area contributed by atoms with Crippen LogP contribution >= 0.6 is 0 Å². The van der Waals surface area contributed by atoms with Gasteiger partial charge in [-0.2, -0.15) is 0 Å². The van der Waals surface area contributed by atoms with E-state index in [-0.39, 0.29) is 11.5 Å². The Morgan fingerprint density at radius 2 is 1.88 bits per heavy atom. The van der Waals surface area contributed by atoms with E-state index in [4.69, 9.17) is 4.74 Å². The fourth-order valence-corrected chi connectivity index (χ4v) is 2.31. The van der Waals surface area contributed by atoms with Crippen LogP contribution in [0.2, 0.25) is 0 Å². The van der Waals surface area contributed by atoms with Gasteiger partial charge in [-0.05, 0) is 38.5 Å². The molecule has 1 amide bonds. The van der Waals surface area contributed by atoms with Gasteiger partial charge in [0.15, 0.2) is 12.4 Å². The summed E-state index contributed by atoms with van der Waals surface area (Å²) in [6, 6.07) is 7.10. The lowest BCUT2D eigenvalue weighted by Crippen LogP contribution is -2.22. The number of anilines is 1. The molecule has 6 heteroatoms. The third-order valence-electron chi connectivity index (χ3n) is 3.61. The van der Waals surface area contributed by atoms with Crippen LogP contribution in [0.3, 0.4) is 0 Å². The molecule has 0 aliphatic heterocycles. The van der Waals surface area contributed by atoms with Crippen molar-refractivity contribution in [2.24, 2.45) is 7.05 Å². The Balaban J connectivity index is 1.96. The van der Waals surface area contributed by atoms with Gasteiger partial charge in [0.05, 0.1) is 0 Å². The molecule has 0 spiro atoms. The number of carbonyl (C=O) groups is 3. The first-order valence-electron chi connectivity index (χ1n) is 7.49. The van der Waals surface area contributed by atoms with Crippen molar-refractivity contribution in [3.05, 3.63) is 52.8 Å². The molecule has 1 N–H and O–H groups in total. The summed E-state index contributed by atoms with van der Waals surface area (Å²) >= 11 is 0. The Kier molecular flexibility index (Phi) is 5.18. The molecule has 0 saturated carbocycles. The summed E-state index contributed by atoms with van der Waals surface area (Å²) in [4.78, 5) is 35.3. The van der Waals surface area contributed by atoms with E-state index in [1.807, 2.05) is 26.0 Å². The number of aromatic nitrogens is 1. The third-order valence-corrected chi connectivity index (χ3v) is 3.61. The van der Waals surface area contributed by atoms with Crippen LogP contribution < -0.4 is 5.32 Å². The van der Waals surface area contributed by atoms with Crippen molar-refractivity contribution in [1.29, 1.82) is 0 Å². The predicted octanol–water partition coefficient (Wildman–Crippen LogP) is 2.64. The molecule has 24 heavy (non-hydrogen) atoms. The fourth-order valence-electron chi connectivity index (χ4n) is 2.31. The average Bonchev–Trinajstić information content (AvgIpc) is 2.90. The monoisotopic (exact) mass is 328 g/mol. The highest BCUT2D eigenvalue weighted by atomic mass is 16.5. The van der Waals surface area contributed by atoms with Crippen molar-refractivity contribution in [3.63, 3.8) is 0 Å². The first-order chi connectivity index (χ1) is 11.3. The zero-order valence-corrected chi connectivity index (χ0v) is 14.2. The minimum Gasteiger partial charge on any atom is -0.451 e. The van der Waals surface area contributed by atoms with Crippen molar-refractivity contribution in [1.82, 2.24) is 4.57 Å².